The fourth-order valence-corrected chi connectivity index (χ4v) is 2.00. The fourth-order valence-electron chi connectivity index (χ4n) is 2.00. The predicted molar refractivity (Wildman–Crippen MR) is 70.0 cm³/mol. The molecule has 0 saturated heterocycles. The first kappa shape index (κ1) is 12.5. The minimum atomic E-state index is 0.200. The molecule has 4 nitrogen and oxygen atoms in total. The van der Waals surface area contributed by atoms with Gasteiger partial charge in [0.1, 0.15) is 5.82 Å². The average Bonchev–Trinajstić information content (AvgIpc) is 2.80. The molecule has 0 atom stereocenters. The van der Waals surface area contributed by atoms with E-state index in [0.717, 1.165) is 24.4 Å². The molecule has 0 radical (unpaired) electrons. The SMILES string of the molecule is CCCn1ccnc1Cc1cccc(OC)c1O. The van der Waals surface area contributed by atoms with Gasteiger partial charge in [-0.15, -0.1) is 0 Å². The smallest absolute Gasteiger partial charge is 0.161 e. The van der Waals surface area contributed by atoms with Crippen molar-refractivity contribution in [2.75, 3.05) is 7.11 Å². The summed E-state index contributed by atoms with van der Waals surface area (Å²) in [4.78, 5) is 4.34. The van der Waals surface area contributed by atoms with Crippen molar-refractivity contribution in [3.05, 3.63) is 42.0 Å². The summed E-state index contributed by atoms with van der Waals surface area (Å²) in [7, 11) is 1.55. The molecule has 0 aliphatic heterocycles. The zero-order valence-corrected chi connectivity index (χ0v) is 10.8. The van der Waals surface area contributed by atoms with Crippen molar-refractivity contribution in [2.45, 2.75) is 26.3 Å². The van der Waals surface area contributed by atoms with Crippen LogP contribution in [0.3, 0.4) is 0 Å². The summed E-state index contributed by atoms with van der Waals surface area (Å²) in [6.07, 6.45) is 5.43. The molecule has 0 aliphatic rings. The highest BCUT2D eigenvalue weighted by Gasteiger charge is 2.10. The van der Waals surface area contributed by atoms with Crippen molar-refractivity contribution in [1.29, 1.82) is 0 Å². The van der Waals surface area contributed by atoms with Gasteiger partial charge in [0.05, 0.1) is 7.11 Å². The summed E-state index contributed by atoms with van der Waals surface area (Å²) in [6, 6.07) is 5.52. The molecule has 0 spiro atoms. The maximum atomic E-state index is 10.0. The monoisotopic (exact) mass is 246 g/mol. The number of hydrogen-bond acceptors (Lipinski definition) is 3. The molecule has 2 rings (SSSR count). The summed E-state index contributed by atoms with van der Waals surface area (Å²) in [6.45, 7) is 3.08. The number of hydrogen-bond donors (Lipinski definition) is 1. The van der Waals surface area contributed by atoms with Crippen molar-refractivity contribution in [2.24, 2.45) is 0 Å². The highest BCUT2D eigenvalue weighted by atomic mass is 16.5. The number of methoxy groups -OCH3 is 1. The van der Waals surface area contributed by atoms with Gasteiger partial charge in [0.2, 0.25) is 0 Å². The van der Waals surface area contributed by atoms with E-state index in [-0.39, 0.29) is 5.75 Å². The fraction of sp³-hybridized carbons (Fsp3) is 0.357. The molecule has 0 fully saturated rings. The number of aromatic hydroxyl groups is 1. The van der Waals surface area contributed by atoms with Crippen molar-refractivity contribution in [1.82, 2.24) is 9.55 Å². The molecular weight excluding hydrogens is 228 g/mol. The number of aromatic nitrogens is 2. The summed E-state index contributed by atoms with van der Waals surface area (Å²) < 4.78 is 7.22. The van der Waals surface area contributed by atoms with Crippen LogP contribution < -0.4 is 4.74 Å². The molecule has 1 heterocycles. The molecule has 0 bridgehead atoms. The minimum Gasteiger partial charge on any atom is -0.504 e. The van der Waals surface area contributed by atoms with Gasteiger partial charge in [0.25, 0.3) is 0 Å². The third kappa shape index (κ3) is 2.47. The number of imidazole rings is 1. The Kier molecular flexibility index (Phi) is 3.87. The first-order valence-electron chi connectivity index (χ1n) is 6.11. The number of benzene rings is 1. The lowest BCUT2D eigenvalue weighted by atomic mass is 10.1. The van der Waals surface area contributed by atoms with Crippen LogP contribution in [0.5, 0.6) is 11.5 Å². The molecule has 18 heavy (non-hydrogen) atoms. The summed E-state index contributed by atoms with van der Waals surface area (Å²) in [5.41, 5.74) is 0.831. The van der Waals surface area contributed by atoms with Crippen molar-refractivity contribution in [3.63, 3.8) is 0 Å². The van der Waals surface area contributed by atoms with Crippen molar-refractivity contribution in [3.8, 4) is 11.5 Å². The van der Waals surface area contributed by atoms with Crippen LogP contribution in [-0.4, -0.2) is 21.8 Å². The third-order valence-corrected chi connectivity index (χ3v) is 2.92. The lowest BCUT2D eigenvalue weighted by molar-refractivity contribution is 0.371. The molecule has 1 N–H and O–H groups in total. The van der Waals surface area contributed by atoms with E-state index in [1.807, 2.05) is 18.3 Å². The lowest BCUT2D eigenvalue weighted by Crippen LogP contribution is -2.03. The van der Waals surface area contributed by atoms with E-state index >= 15 is 0 Å². The second-order valence-electron chi connectivity index (χ2n) is 4.18. The molecule has 96 valence electrons. The van der Waals surface area contributed by atoms with Gasteiger partial charge in [-0.3, -0.25) is 0 Å². The van der Waals surface area contributed by atoms with Crippen molar-refractivity contribution >= 4 is 0 Å². The Morgan fingerprint density at radius 3 is 2.94 bits per heavy atom. The van der Waals surface area contributed by atoms with Gasteiger partial charge >= 0.3 is 0 Å². The normalized spacial score (nSPS) is 10.6. The van der Waals surface area contributed by atoms with E-state index in [9.17, 15) is 5.11 Å². The van der Waals surface area contributed by atoms with Gasteiger partial charge in [-0.05, 0) is 12.5 Å². The maximum absolute atomic E-state index is 10.0. The van der Waals surface area contributed by atoms with E-state index in [0.29, 0.717) is 12.2 Å². The van der Waals surface area contributed by atoms with Crippen LogP contribution in [0, 0.1) is 0 Å². The first-order chi connectivity index (χ1) is 8.76. The summed E-state index contributed by atoms with van der Waals surface area (Å²) in [5, 5.41) is 10.0. The molecule has 0 unspecified atom stereocenters. The van der Waals surface area contributed by atoms with Crippen LogP contribution in [0.1, 0.15) is 24.7 Å². The highest BCUT2D eigenvalue weighted by molar-refractivity contribution is 5.46. The number of phenolic OH excluding ortho intramolecular Hbond substituents is 1. The van der Waals surface area contributed by atoms with E-state index in [1.54, 1.807) is 19.4 Å². The summed E-state index contributed by atoms with van der Waals surface area (Å²) >= 11 is 0. The predicted octanol–water partition coefficient (Wildman–Crippen LogP) is 2.60. The molecular formula is C14H18N2O2. The topological polar surface area (TPSA) is 47.3 Å². The largest absolute Gasteiger partial charge is 0.504 e. The molecule has 1 aromatic heterocycles. The third-order valence-electron chi connectivity index (χ3n) is 2.92. The Morgan fingerprint density at radius 2 is 2.22 bits per heavy atom. The molecule has 2 aromatic rings. The number of ether oxygens (including phenoxy) is 1. The number of phenols is 1. The Labute approximate surface area is 107 Å². The van der Waals surface area contributed by atoms with Crippen LogP contribution >= 0.6 is 0 Å². The number of nitrogens with zero attached hydrogens (tertiary/aromatic N) is 2. The minimum absolute atomic E-state index is 0.200. The van der Waals surface area contributed by atoms with E-state index in [2.05, 4.69) is 16.5 Å². The highest BCUT2D eigenvalue weighted by Crippen LogP contribution is 2.30. The number of para-hydroxylation sites is 1. The van der Waals surface area contributed by atoms with Crippen LogP contribution in [0.2, 0.25) is 0 Å². The second kappa shape index (κ2) is 5.58. The van der Waals surface area contributed by atoms with Gasteiger partial charge in [0, 0.05) is 30.9 Å². The molecule has 0 amide bonds. The van der Waals surface area contributed by atoms with Gasteiger partial charge in [-0.25, -0.2) is 4.98 Å². The van der Waals surface area contributed by atoms with Crippen LogP contribution in [0.15, 0.2) is 30.6 Å². The Balaban J connectivity index is 2.25. The Hall–Kier alpha value is -1.97. The zero-order valence-electron chi connectivity index (χ0n) is 10.8. The van der Waals surface area contributed by atoms with Gasteiger partial charge in [0.15, 0.2) is 11.5 Å². The Morgan fingerprint density at radius 1 is 1.39 bits per heavy atom. The molecule has 1 aromatic carbocycles. The van der Waals surface area contributed by atoms with Gasteiger partial charge in [-0.2, -0.15) is 0 Å². The summed E-state index contributed by atoms with van der Waals surface area (Å²) in [5.74, 6) is 1.66. The van der Waals surface area contributed by atoms with Crippen molar-refractivity contribution < 1.29 is 9.84 Å². The Bertz CT molecular complexity index is 520. The lowest BCUT2D eigenvalue weighted by Gasteiger charge is -2.10. The van der Waals surface area contributed by atoms with Crippen LogP contribution in [-0.2, 0) is 13.0 Å². The maximum Gasteiger partial charge on any atom is 0.161 e. The zero-order chi connectivity index (χ0) is 13.0. The molecule has 0 saturated carbocycles. The van der Waals surface area contributed by atoms with Gasteiger partial charge in [-0.1, -0.05) is 19.1 Å². The molecule has 0 aliphatic carbocycles. The number of rotatable bonds is 5. The van der Waals surface area contributed by atoms with E-state index < -0.39 is 0 Å². The molecule has 4 heteroatoms. The van der Waals surface area contributed by atoms with Gasteiger partial charge < -0.3 is 14.4 Å². The quantitative estimate of drug-likeness (QED) is 0.882. The van der Waals surface area contributed by atoms with Crippen LogP contribution in [0.4, 0.5) is 0 Å². The number of aryl methyl sites for hydroxylation is 1. The van der Waals surface area contributed by atoms with E-state index in [4.69, 9.17) is 4.74 Å². The standard InChI is InChI=1S/C14H18N2O2/c1-3-8-16-9-7-15-13(16)10-11-5-4-6-12(18-2)14(11)17/h4-7,9,17H,3,8,10H2,1-2H3. The van der Waals surface area contributed by atoms with E-state index in [1.165, 1.54) is 0 Å². The first-order valence-corrected chi connectivity index (χ1v) is 6.11. The van der Waals surface area contributed by atoms with Crippen LogP contribution in [0.25, 0.3) is 0 Å². The average molecular weight is 246 g/mol. The second-order valence-corrected chi connectivity index (χ2v) is 4.18.